The van der Waals surface area contributed by atoms with Crippen molar-refractivity contribution in [3.63, 3.8) is 0 Å². The van der Waals surface area contributed by atoms with Gasteiger partial charge in [0.05, 0.1) is 10.6 Å². The number of sulfonamides is 1. The van der Waals surface area contributed by atoms with Crippen LogP contribution in [0.15, 0.2) is 23.1 Å². The molecule has 3 N–H and O–H groups in total. The van der Waals surface area contributed by atoms with Crippen molar-refractivity contribution in [1.82, 2.24) is 10.0 Å². The van der Waals surface area contributed by atoms with Crippen LogP contribution in [0.4, 0.5) is 10.1 Å². The van der Waals surface area contributed by atoms with Crippen LogP contribution in [0.1, 0.15) is 26.7 Å². The van der Waals surface area contributed by atoms with Crippen molar-refractivity contribution >= 4 is 21.6 Å². The van der Waals surface area contributed by atoms with Crippen LogP contribution in [0.5, 0.6) is 0 Å². The topological polar surface area (TPSA) is 87.3 Å². The van der Waals surface area contributed by atoms with E-state index in [2.05, 4.69) is 15.4 Å². The summed E-state index contributed by atoms with van der Waals surface area (Å²) in [5.74, 6) is -1.14. The van der Waals surface area contributed by atoms with Crippen LogP contribution in [0, 0.1) is 11.2 Å². The van der Waals surface area contributed by atoms with Gasteiger partial charge < -0.3 is 10.6 Å². The lowest BCUT2D eigenvalue weighted by Crippen LogP contribution is -2.42. The molecular formula is C15H22FN3O3S. The second kappa shape index (κ2) is 6.94. The highest BCUT2D eigenvalue weighted by molar-refractivity contribution is 7.89. The molecule has 0 unspecified atom stereocenters. The first-order valence-electron chi connectivity index (χ1n) is 7.49. The molecule has 1 saturated heterocycles. The van der Waals surface area contributed by atoms with Crippen LogP contribution in [0.3, 0.4) is 0 Å². The minimum atomic E-state index is -3.76. The maximum atomic E-state index is 13.6. The molecule has 23 heavy (non-hydrogen) atoms. The average molecular weight is 343 g/mol. The molecule has 1 heterocycles. The van der Waals surface area contributed by atoms with E-state index in [9.17, 15) is 17.6 Å². The largest absolute Gasteiger partial charge is 0.324 e. The zero-order valence-corrected chi connectivity index (χ0v) is 14.1. The van der Waals surface area contributed by atoms with Gasteiger partial charge in [-0.2, -0.15) is 0 Å². The highest BCUT2D eigenvalue weighted by Crippen LogP contribution is 2.27. The summed E-state index contributed by atoms with van der Waals surface area (Å²) in [7, 11) is -3.76. The Labute approximate surface area is 135 Å². The molecule has 0 aliphatic carbocycles. The monoisotopic (exact) mass is 343 g/mol. The van der Waals surface area contributed by atoms with Gasteiger partial charge in [0.25, 0.3) is 0 Å². The molecule has 128 valence electrons. The Hall–Kier alpha value is -1.51. The molecule has 0 bridgehead atoms. The first kappa shape index (κ1) is 17.8. The molecule has 1 fully saturated rings. The van der Waals surface area contributed by atoms with Gasteiger partial charge in [-0.05, 0) is 49.5 Å². The second-order valence-corrected chi connectivity index (χ2v) is 7.98. The normalized spacial score (nSPS) is 17.7. The van der Waals surface area contributed by atoms with Crippen LogP contribution in [0.2, 0.25) is 0 Å². The average Bonchev–Trinajstić information content (AvgIpc) is 2.48. The number of hydrogen-bond donors (Lipinski definition) is 3. The van der Waals surface area contributed by atoms with Crippen molar-refractivity contribution in [2.45, 2.75) is 31.6 Å². The van der Waals surface area contributed by atoms with Gasteiger partial charge in [-0.3, -0.25) is 4.79 Å². The summed E-state index contributed by atoms with van der Waals surface area (Å²) >= 11 is 0. The summed E-state index contributed by atoms with van der Waals surface area (Å²) in [6, 6.07) is 3.35. The summed E-state index contributed by atoms with van der Waals surface area (Å²) in [6.07, 6.45) is 1.77. The van der Waals surface area contributed by atoms with E-state index in [-0.39, 0.29) is 16.0 Å². The molecule has 0 spiro atoms. The molecule has 1 aromatic carbocycles. The number of carbonyl (C=O) groups excluding carboxylic acids is 1. The van der Waals surface area contributed by atoms with Gasteiger partial charge in [0.2, 0.25) is 15.9 Å². The molecule has 1 aromatic rings. The number of anilines is 1. The molecule has 0 aromatic heterocycles. The Balaban J connectivity index is 2.14. The summed E-state index contributed by atoms with van der Waals surface area (Å²) in [5, 5.41) is 5.53. The predicted octanol–water partition coefficient (Wildman–Crippen LogP) is 1.45. The zero-order chi connectivity index (χ0) is 17.1. The summed E-state index contributed by atoms with van der Waals surface area (Å²) in [4.78, 5) is 11.0. The third-order valence-electron chi connectivity index (χ3n) is 4.06. The Bertz CT molecular complexity index is 685. The molecule has 0 atom stereocenters. The highest BCUT2D eigenvalue weighted by atomic mass is 32.2. The number of halogens is 1. The van der Waals surface area contributed by atoms with Crippen molar-refractivity contribution in [1.29, 1.82) is 0 Å². The highest BCUT2D eigenvalue weighted by Gasteiger charge is 2.29. The maximum Gasteiger partial charge on any atom is 0.240 e. The Morgan fingerprint density at radius 2 is 2.00 bits per heavy atom. The van der Waals surface area contributed by atoms with E-state index < -0.39 is 21.7 Å². The molecule has 1 aliphatic heterocycles. The molecule has 6 nitrogen and oxygen atoms in total. The Morgan fingerprint density at radius 1 is 1.35 bits per heavy atom. The summed E-state index contributed by atoms with van der Waals surface area (Å²) in [6.45, 7) is 5.33. The van der Waals surface area contributed by atoms with Crippen LogP contribution in [-0.4, -0.2) is 34.0 Å². The smallest absolute Gasteiger partial charge is 0.240 e. The summed E-state index contributed by atoms with van der Waals surface area (Å²) < 4.78 is 41.0. The SMILES string of the molecule is CC(=O)Nc1cc(S(=O)(=O)NCC2(C)CCNCC2)ccc1F. The van der Waals surface area contributed by atoms with E-state index in [1.807, 2.05) is 6.92 Å². The van der Waals surface area contributed by atoms with E-state index in [0.717, 1.165) is 38.1 Å². The van der Waals surface area contributed by atoms with E-state index in [1.165, 1.54) is 13.0 Å². The van der Waals surface area contributed by atoms with Crippen LogP contribution < -0.4 is 15.4 Å². The van der Waals surface area contributed by atoms with E-state index in [4.69, 9.17) is 0 Å². The standard InChI is InChI=1S/C15H22FN3O3S/c1-11(20)19-14-9-12(3-4-13(14)16)23(21,22)18-10-15(2)5-7-17-8-6-15/h3-4,9,17-18H,5-8,10H2,1-2H3,(H,19,20). The number of carbonyl (C=O) groups is 1. The van der Waals surface area contributed by atoms with Crippen LogP contribution >= 0.6 is 0 Å². The van der Waals surface area contributed by atoms with Crippen molar-refractivity contribution < 1.29 is 17.6 Å². The Morgan fingerprint density at radius 3 is 2.61 bits per heavy atom. The minimum absolute atomic E-state index is 0.0693. The van der Waals surface area contributed by atoms with Crippen molar-refractivity contribution in [2.75, 3.05) is 25.0 Å². The van der Waals surface area contributed by atoms with Crippen molar-refractivity contribution in [2.24, 2.45) is 5.41 Å². The maximum absolute atomic E-state index is 13.6. The van der Waals surface area contributed by atoms with Gasteiger partial charge in [0.15, 0.2) is 0 Å². The minimum Gasteiger partial charge on any atom is -0.324 e. The van der Waals surface area contributed by atoms with Crippen LogP contribution in [-0.2, 0) is 14.8 Å². The van der Waals surface area contributed by atoms with Gasteiger partial charge in [-0.15, -0.1) is 0 Å². The first-order chi connectivity index (χ1) is 10.7. The van der Waals surface area contributed by atoms with Gasteiger partial charge in [0.1, 0.15) is 5.82 Å². The lowest BCUT2D eigenvalue weighted by atomic mass is 9.81. The number of piperidine rings is 1. The first-order valence-corrected chi connectivity index (χ1v) is 8.98. The second-order valence-electron chi connectivity index (χ2n) is 6.21. The molecule has 1 aliphatic rings. The van der Waals surface area contributed by atoms with Crippen LogP contribution in [0.25, 0.3) is 0 Å². The molecule has 0 radical (unpaired) electrons. The molecule has 0 saturated carbocycles. The predicted molar refractivity (Wildman–Crippen MR) is 86.1 cm³/mol. The fourth-order valence-corrected chi connectivity index (χ4v) is 3.74. The number of hydrogen-bond acceptors (Lipinski definition) is 4. The number of nitrogens with one attached hydrogen (secondary N) is 3. The van der Waals surface area contributed by atoms with Gasteiger partial charge in [-0.1, -0.05) is 6.92 Å². The fourth-order valence-electron chi connectivity index (χ4n) is 2.52. The third-order valence-corrected chi connectivity index (χ3v) is 5.46. The fraction of sp³-hybridized carbons (Fsp3) is 0.533. The summed E-state index contributed by atoms with van der Waals surface area (Å²) in [5.41, 5.74) is -0.243. The van der Waals surface area contributed by atoms with Crippen molar-refractivity contribution in [3.05, 3.63) is 24.0 Å². The molecular weight excluding hydrogens is 321 g/mol. The van der Waals surface area contributed by atoms with E-state index >= 15 is 0 Å². The molecule has 8 heteroatoms. The lowest BCUT2D eigenvalue weighted by molar-refractivity contribution is -0.114. The zero-order valence-electron chi connectivity index (χ0n) is 13.3. The van der Waals surface area contributed by atoms with E-state index in [0.29, 0.717) is 6.54 Å². The number of amides is 1. The third kappa shape index (κ3) is 4.73. The Kier molecular flexibility index (Phi) is 5.38. The molecule has 1 amide bonds. The van der Waals surface area contributed by atoms with Gasteiger partial charge in [-0.25, -0.2) is 17.5 Å². The lowest BCUT2D eigenvalue weighted by Gasteiger charge is -2.34. The molecule has 2 rings (SSSR count). The van der Waals surface area contributed by atoms with Gasteiger partial charge in [0, 0.05) is 13.5 Å². The quantitative estimate of drug-likeness (QED) is 0.755. The number of benzene rings is 1. The number of rotatable bonds is 5. The van der Waals surface area contributed by atoms with E-state index in [1.54, 1.807) is 0 Å². The van der Waals surface area contributed by atoms with Gasteiger partial charge >= 0.3 is 0 Å². The van der Waals surface area contributed by atoms with Crippen molar-refractivity contribution in [3.8, 4) is 0 Å².